The summed E-state index contributed by atoms with van der Waals surface area (Å²) in [6.07, 6.45) is 4.53. The molecule has 4 aromatic rings. The summed E-state index contributed by atoms with van der Waals surface area (Å²) >= 11 is 0. The van der Waals surface area contributed by atoms with Crippen molar-refractivity contribution in [3.8, 4) is 34.3 Å². The number of nitrogens with one attached hydrogen (secondary N) is 1. The normalized spacial score (nSPS) is 16.6. The number of halogens is 1. The lowest BCUT2D eigenvalue weighted by atomic mass is 9.85. The fourth-order valence-electron chi connectivity index (χ4n) is 4.99. The summed E-state index contributed by atoms with van der Waals surface area (Å²) in [7, 11) is 7.08. The molecule has 1 amide bonds. The van der Waals surface area contributed by atoms with E-state index in [0.29, 0.717) is 22.4 Å². The zero-order chi connectivity index (χ0) is 30.0. The van der Waals surface area contributed by atoms with Gasteiger partial charge in [0, 0.05) is 36.7 Å². The SMILES string of the molecule is [B]C(O)(O)C1CC(N)CN1c1cc(-c2cnccc2C#N)ccc1NC(=O)c1ccnc(-c2c(F)cccc2OC)n1. The number of carbonyl (C=O) groups excluding carboxylic acids is 1. The number of aromatic nitrogens is 3. The third-order valence-electron chi connectivity index (χ3n) is 6.94. The van der Waals surface area contributed by atoms with Crippen molar-refractivity contribution in [1.29, 1.82) is 5.26 Å². The Kier molecular flexibility index (Phi) is 7.86. The number of nitrogens with zero attached hydrogens (tertiary/aromatic N) is 5. The highest BCUT2D eigenvalue weighted by atomic mass is 19.1. The first kappa shape index (κ1) is 28.6. The van der Waals surface area contributed by atoms with Gasteiger partial charge in [-0.15, -0.1) is 0 Å². The van der Waals surface area contributed by atoms with E-state index in [2.05, 4.69) is 26.3 Å². The van der Waals surface area contributed by atoms with Gasteiger partial charge in [0.25, 0.3) is 5.91 Å². The van der Waals surface area contributed by atoms with Crippen molar-refractivity contribution in [3.05, 3.63) is 84.2 Å². The molecule has 1 aliphatic heterocycles. The lowest BCUT2D eigenvalue weighted by Gasteiger charge is -2.35. The van der Waals surface area contributed by atoms with Gasteiger partial charge in [0.1, 0.15) is 22.9 Å². The number of nitriles is 1. The minimum atomic E-state index is -2.60. The van der Waals surface area contributed by atoms with Crippen LogP contribution in [-0.4, -0.2) is 70.3 Å². The molecule has 2 radical (unpaired) electrons. The maximum absolute atomic E-state index is 14.7. The second-order valence-electron chi connectivity index (χ2n) is 9.75. The maximum Gasteiger partial charge on any atom is 0.274 e. The number of carbonyl (C=O) groups is 1. The van der Waals surface area contributed by atoms with E-state index in [9.17, 15) is 24.7 Å². The van der Waals surface area contributed by atoms with E-state index in [1.54, 1.807) is 35.2 Å². The quantitative estimate of drug-likeness (QED) is 0.192. The molecule has 0 aliphatic carbocycles. The first-order valence-electron chi connectivity index (χ1n) is 12.8. The number of hydrogen-bond donors (Lipinski definition) is 4. The molecule has 0 saturated carbocycles. The van der Waals surface area contributed by atoms with Crippen LogP contribution in [0.3, 0.4) is 0 Å². The molecule has 0 bridgehead atoms. The van der Waals surface area contributed by atoms with Gasteiger partial charge >= 0.3 is 0 Å². The molecule has 1 saturated heterocycles. The topological polar surface area (TPSA) is 171 Å². The number of methoxy groups -OCH3 is 1. The molecule has 2 unspecified atom stereocenters. The Hall–Kier alpha value is -4.90. The maximum atomic E-state index is 14.7. The highest BCUT2D eigenvalue weighted by molar-refractivity contribution is 6.14. The molecule has 42 heavy (non-hydrogen) atoms. The Bertz CT molecular complexity index is 1690. The third-order valence-corrected chi connectivity index (χ3v) is 6.94. The molecule has 2 atom stereocenters. The molecular weight excluding hydrogens is 540 g/mol. The van der Waals surface area contributed by atoms with Crippen molar-refractivity contribution < 1.29 is 24.1 Å². The first-order valence-corrected chi connectivity index (χ1v) is 12.8. The first-order chi connectivity index (χ1) is 20.1. The number of benzene rings is 2. The molecule has 3 heterocycles. The van der Waals surface area contributed by atoms with Crippen LogP contribution in [0.2, 0.25) is 0 Å². The van der Waals surface area contributed by atoms with Crippen LogP contribution in [0, 0.1) is 17.1 Å². The lowest BCUT2D eigenvalue weighted by molar-refractivity contribution is -0.101. The molecule has 2 aromatic heterocycles. The largest absolute Gasteiger partial charge is 0.496 e. The third kappa shape index (κ3) is 5.64. The summed E-state index contributed by atoms with van der Waals surface area (Å²) in [5.41, 5.74) is 5.65. The number of ether oxygens (including phenoxy) is 1. The van der Waals surface area contributed by atoms with Gasteiger partial charge in [-0.1, -0.05) is 12.1 Å². The van der Waals surface area contributed by atoms with Crippen LogP contribution in [0.1, 0.15) is 22.5 Å². The number of aliphatic hydroxyl groups is 2. The van der Waals surface area contributed by atoms with Gasteiger partial charge in [0.05, 0.1) is 41.7 Å². The summed E-state index contributed by atoms with van der Waals surface area (Å²) in [4.78, 5) is 27.6. The van der Waals surface area contributed by atoms with Crippen LogP contribution >= 0.6 is 0 Å². The van der Waals surface area contributed by atoms with Gasteiger partial charge in [-0.25, -0.2) is 14.4 Å². The van der Waals surface area contributed by atoms with E-state index in [4.69, 9.17) is 18.3 Å². The zero-order valence-corrected chi connectivity index (χ0v) is 22.4. The molecule has 13 heteroatoms. The predicted molar refractivity (Wildman–Crippen MR) is 153 cm³/mol. The molecule has 1 aliphatic rings. The molecule has 2 aromatic carbocycles. The fourth-order valence-corrected chi connectivity index (χ4v) is 4.99. The van der Waals surface area contributed by atoms with Crippen LogP contribution in [0.25, 0.3) is 22.5 Å². The second-order valence-corrected chi connectivity index (χ2v) is 9.75. The van der Waals surface area contributed by atoms with Gasteiger partial charge in [0.2, 0.25) is 0 Å². The van der Waals surface area contributed by atoms with E-state index in [1.807, 2.05) is 0 Å². The second kappa shape index (κ2) is 11.5. The van der Waals surface area contributed by atoms with Crippen molar-refractivity contribution in [1.82, 2.24) is 15.0 Å². The minimum absolute atomic E-state index is 0.00327. The zero-order valence-electron chi connectivity index (χ0n) is 22.4. The molecule has 11 nitrogen and oxygen atoms in total. The van der Waals surface area contributed by atoms with Gasteiger partial charge in [0.15, 0.2) is 13.7 Å². The number of pyridine rings is 1. The lowest BCUT2D eigenvalue weighted by Crippen LogP contribution is -2.50. The van der Waals surface area contributed by atoms with Crippen molar-refractivity contribution >= 4 is 25.1 Å². The fraction of sp³-hybridized carbons (Fsp3) is 0.207. The van der Waals surface area contributed by atoms with Crippen LogP contribution in [0.15, 0.2) is 67.1 Å². The van der Waals surface area contributed by atoms with Crippen molar-refractivity contribution in [2.45, 2.75) is 24.2 Å². The van der Waals surface area contributed by atoms with Crippen LogP contribution in [0.4, 0.5) is 15.8 Å². The Labute approximate surface area is 241 Å². The van der Waals surface area contributed by atoms with Crippen molar-refractivity contribution in [3.63, 3.8) is 0 Å². The van der Waals surface area contributed by atoms with E-state index in [0.717, 1.165) is 0 Å². The van der Waals surface area contributed by atoms with E-state index < -0.39 is 29.5 Å². The smallest absolute Gasteiger partial charge is 0.274 e. The van der Waals surface area contributed by atoms with Gasteiger partial charge < -0.3 is 30.9 Å². The number of hydrogen-bond acceptors (Lipinski definition) is 10. The average molecular weight is 565 g/mol. The van der Waals surface area contributed by atoms with Crippen LogP contribution < -0.4 is 20.7 Å². The summed E-state index contributed by atoms with van der Waals surface area (Å²) in [5.74, 6) is -1.11. The van der Waals surface area contributed by atoms with Gasteiger partial charge in [-0.2, -0.15) is 5.26 Å². The summed E-state index contributed by atoms with van der Waals surface area (Å²) < 4.78 is 19.9. The molecule has 5 N–H and O–H groups in total. The molecule has 5 rings (SSSR count). The van der Waals surface area contributed by atoms with Crippen molar-refractivity contribution in [2.75, 3.05) is 23.9 Å². The summed E-state index contributed by atoms with van der Waals surface area (Å²) in [5, 5.41) is 33.1. The highest BCUT2D eigenvalue weighted by Gasteiger charge is 2.41. The van der Waals surface area contributed by atoms with E-state index in [-0.39, 0.29) is 41.5 Å². The molecular formula is C29H25BFN7O4. The molecule has 210 valence electrons. The number of nitrogens with two attached hydrogens (primary N) is 1. The van der Waals surface area contributed by atoms with Gasteiger partial charge in [-0.3, -0.25) is 9.78 Å². The number of rotatable bonds is 7. The Morgan fingerprint density at radius 2 is 2.07 bits per heavy atom. The number of anilines is 2. The van der Waals surface area contributed by atoms with Gasteiger partial charge in [-0.05, 0) is 48.4 Å². The monoisotopic (exact) mass is 565 g/mol. The Morgan fingerprint density at radius 1 is 1.26 bits per heavy atom. The molecule has 0 spiro atoms. The van der Waals surface area contributed by atoms with E-state index in [1.165, 1.54) is 43.9 Å². The summed E-state index contributed by atoms with van der Waals surface area (Å²) in [6, 6.07) is 12.9. The van der Waals surface area contributed by atoms with Crippen molar-refractivity contribution in [2.24, 2.45) is 5.73 Å². The molecule has 1 fully saturated rings. The standard InChI is InChI=1S/C29H25BFN7O4/c1-42-24-4-2-3-20(31)26(24)27-35-10-8-22(36-27)28(39)37-21-6-5-16(19-14-34-9-7-17(19)13-32)11-23(21)38-15-18(33)12-25(38)29(30,40)41/h2-11,14,18,25,40-41H,12,15,33H2,1H3,(H,37,39). The Morgan fingerprint density at radius 3 is 2.81 bits per heavy atom. The summed E-state index contributed by atoms with van der Waals surface area (Å²) in [6.45, 7) is 0.194. The number of amides is 1. The minimum Gasteiger partial charge on any atom is -0.496 e. The van der Waals surface area contributed by atoms with Crippen LogP contribution in [-0.2, 0) is 0 Å². The predicted octanol–water partition coefficient (Wildman–Crippen LogP) is 2.19. The Balaban J connectivity index is 1.56. The van der Waals surface area contributed by atoms with Crippen LogP contribution in [0.5, 0.6) is 5.75 Å². The average Bonchev–Trinajstić information content (AvgIpc) is 3.39. The van der Waals surface area contributed by atoms with E-state index >= 15 is 0 Å². The highest BCUT2D eigenvalue weighted by Crippen LogP contribution is 2.38.